The molecule has 8 heteroatoms. The molecule has 170 valence electrons. The molecule has 0 aromatic heterocycles. The van der Waals surface area contributed by atoms with Crippen molar-refractivity contribution in [2.75, 3.05) is 13.2 Å². The van der Waals surface area contributed by atoms with Gasteiger partial charge in [0.15, 0.2) is 6.61 Å². The fourth-order valence-electron chi connectivity index (χ4n) is 2.70. The molecule has 0 bridgehead atoms. The Morgan fingerprint density at radius 1 is 1.03 bits per heavy atom. The minimum absolute atomic E-state index is 0.129. The smallest absolute Gasteiger partial charge is 0.344 e. The Balaban J connectivity index is 1.90. The van der Waals surface area contributed by atoms with Gasteiger partial charge in [0.05, 0.1) is 12.8 Å². The van der Waals surface area contributed by atoms with Gasteiger partial charge in [0.25, 0.3) is 11.8 Å². The normalized spacial score (nSPS) is 11.8. The molecule has 0 radical (unpaired) electrons. The Kier molecular flexibility index (Phi) is 9.41. The van der Waals surface area contributed by atoms with Crippen LogP contribution in [0.25, 0.3) is 0 Å². The number of amides is 2. The highest BCUT2D eigenvalue weighted by Crippen LogP contribution is 2.11. The lowest BCUT2D eigenvalue weighted by atomic mass is 10.0. The predicted molar refractivity (Wildman–Crippen MR) is 122 cm³/mol. The van der Waals surface area contributed by atoms with E-state index in [1.54, 1.807) is 43.3 Å². The first-order chi connectivity index (χ1) is 15.3. The second-order valence-corrected chi connectivity index (χ2v) is 7.46. The predicted octanol–water partition coefficient (Wildman–Crippen LogP) is 2.84. The Bertz CT molecular complexity index is 937. The van der Waals surface area contributed by atoms with Crippen molar-refractivity contribution >= 4 is 24.0 Å². The summed E-state index contributed by atoms with van der Waals surface area (Å²) in [5.74, 6) is -0.782. The third-order valence-corrected chi connectivity index (χ3v) is 4.48. The Hall–Kier alpha value is -3.68. The molecule has 0 saturated heterocycles. The number of nitrogens with zero attached hydrogens (tertiary/aromatic N) is 1. The summed E-state index contributed by atoms with van der Waals surface area (Å²) >= 11 is 0. The maximum Gasteiger partial charge on any atom is 0.344 e. The van der Waals surface area contributed by atoms with Crippen molar-refractivity contribution in [2.24, 2.45) is 11.0 Å². The van der Waals surface area contributed by atoms with E-state index in [1.165, 1.54) is 6.21 Å². The standard InChI is InChI=1S/C24H29N3O5/c1-5-31-21(28)15-32-20-12-8-18(9-13-20)14-25-27-24(30)22(16(2)3)26-23(29)19-10-6-17(4)7-11-19/h6-14,16,22H,5,15H2,1-4H3,(H,26,29)(H,27,30). The number of carbonyl (C=O) groups excluding carboxylic acids is 3. The van der Waals surface area contributed by atoms with Crippen molar-refractivity contribution in [2.45, 2.75) is 33.7 Å². The lowest BCUT2D eigenvalue weighted by Gasteiger charge is -2.20. The average Bonchev–Trinajstić information content (AvgIpc) is 2.77. The van der Waals surface area contributed by atoms with Crippen LogP contribution in [0.1, 0.15) is 42.3 Å². The van der Waals surface area contributed by atoms with E-state index in [-0.39, 0.29) is 18.4 Å². The van der Waals surface area contributed by atoms with Gasteiger partial charge in [-0.1, -0.05) is 31.5 Å². The van der Waals surface area contributed by atoms with E-state index in [4.69, 9.17) is 9.47 Å². The molecule has 0 aliphatic carbocycles. The molecular weight excluding hydrogens is 410 g/mol. The van der Waals surface area contributed by atoms with Crippen LogP contribution < -0.4 is 15.5 Å². The quantitative estimate of drug-likeness (QED) is 0.336. The van der Waals surface area contributed by atoms with E-state index in [0.717, 1.165) is 11.1 Å². The number of hydrazone groups is 1. The summed E-state index contributed by atoms with van der Waals surface area (Å²) in [4.78, 5) is 36.3. The minimum Gasteiger partial charge on any atom is -0.482 e. The maximum atomic E-state index is 12.5. The largest absolute Gasteiger partial charge is 0.482 e. The van der Waals surface area contributed by atoms with Gasteiger partial charge >= 0.3 is 5.97 Å². The molecule has 0 heterocycles. The number of hydrogen-bond donors (Lipinski definition) is 2. The third-order valence-electron chi connectivity index (χ3n) is 4.48. The van der Waals surface area contributed by atoms with Crippen molar-refractivity contribution in [1.82, 2.24) is 10.7 Å². The number of rotatable bonds is 10. The first-order valence-corrected chi connectivity index (χ1v) is 10.4. The van der Waals surface area contributed by atoms with Crippen molar-refractivity contribution in [1.29, 1.82) is 0 Å². The Morgan fingerprint density at radius 2 is 1.69 bits per heavy atom. The summed E-state index contributed by atoms with van der Waals surface area (Å²) in [5.41, 5.74) is 4.73. The van der Waals surface area contributed by atoms with Gasteiger partial charge in [-0.2, -0.15) is 5.10 Å². The second-order valence-electron chi connectivity index (χ2n) is 7.46. The average molecular weight is 440 g/mol. The number of hydrogen-bond acceptors (Lipinski definition) is 6. The monoisotopic (exact) mass is 439 g/mol. The SMILES string of the molecule is CCOC(=O)COc1ccc(C=NNC(=O)C(NC(=O)c2ccc(C)cc2)C(C)C)cc1. The van der Waals surface area contributed by atoms with Crippen molar-refractivity contribution in [3.05, 3.63) is 65.2 Å². The minimum atomic E-state index is -0.736. The van der Waals surface area contributed by atoms with Crippen molar-refractivity contribution in [3.8, 4) is 5.75 Å². The zero-order valence-corrected chi connectivity index (χ0v) is 18.8. The molecule has 0 fully saturated rings. The van der Waals surface area contributed by atoms with E-state index in [9.17, 15) is 14.4 Å². The van der Waals surface area contributed by atoms with Crippen LogP contribution in [0.15, 0.2) is 53.6 Å². The molecule has 0 aliphatic rings. The lowest BCUT2D eigenvalue weighted by Crippen LogP contribution is -2.48. The van der Waals surface area contributed by atoms with Crippen LogP contribution in [0.4, 0.5) is 0 Å². The topological polar surface area (TPSA) is 106 Å². The molecule has 0 aliphatic heterocycles. The number of carbonyl (C=O) groups is 3. The lowest BCUT2D eigenvalue weighted by molar-refractivity contribution is -0.145. The summed E-state index contributed by atoms with van der Waals surface area (Å²) in [7, 11) is 0. The van der Waals surface area contributed by atoms with E-state index in [1.807, 2.05) is 32.9 Å². The maximum absolute atomic E-state index is 12.5. The molecule has 2 aromatic rings. The van der Waals surface area contributed by atoms with Gasteiger partial charge in [0, 0.05) is 5.56 Å². The van der Waals surface area contributed by atoms with Gasteiger partial charge in [0.1, 0.15) is 11.8 Å². The summed E-state index contributed by atoms with van der Waals surface area (Å²) in [6.45, 7) is 7.50. The first-order valence-electron chi connectivity index (χ1n) is 10.4. The molecule has 1 atom stereocenters. The van der Waals surface area contributed by atoms with Crippen molar-refractivity contribution in [3.63, 3.8) is 0 Å². The van der Waals surface area contributed by atoms with Crippen molar-refractivity contribution < 1.29 is 23.9 Å². The fourth-order valence-corrected chi connectivity index (χ4v) is 2.70. The highest BCUT2D eigenvalue weighted by atomic mass is 16.6. The highest BCUT2D eigenvalue weighted by Gasteiger charge is 2.24. The number of esters is 1. The molecule has 0 saturated carbocycles. The summed E-state index contributed by atoms with van der Waals surface area (Å²) in [6, 6.07) is 13.2. The van der Waals surface area contributed by atoms with Crippen LogP contribution >= 0.6 is 0 Å². The Morgan fingerprint density at radius 3 is 2.28 bits per heavy atom. The van der Waals surface area contributed by atoms with Crippen LogP contribution in [0, 0.1) is 12.8 Å². The van der Waals surface area contributed by atoms with Gasteiger partial charge in [-0.3, -0.25) is 9.59 Å². The van der Waals surface area contributed by atoms with Crippen LogP contribution in [0.5, 0.6) is 5.75 Å². The molecule has 2 N–H and O–H groups in total. The molecule has 2 amide bonds. The summed E-state index contributed by atoms with van der Waals surface area (Å²) < 4.78 is 10.1. The summed E-state index contributed by atoms with van der Waals surface area (Å²) in [6.07, 6.45) is 1.48. The van der Waals surface area contributed by atoms with Crippen LogP contribution in [0.3, 0.4) is 0 Å². The zero-order chi connectivity index (χ0) is 23.5. The zero-order valence-electron chi connectivity index (χ0n) is 18.8. The first kappa shape index (κ1) is 24.6. The van der Waals surface area contributed by atoms with Crippen LogP contribution in [-0.2, 0) is 14.3 Å². The number of benzene rings is 2. The fraction of sp³-hybridized carbons (Fsp3) is 0.333. The van der Waals surface area contributed by atoms with Gasteiger partial charge in [-0.05, 0) is 61.7 Å². The van der Waals surface area contributed by atoms with E-state index in [2.05, 4.69) is 15.8 Å². The third kappa shape index (κ3) is 7.86. The highest BCUT2D eigenvalue weighted by molar-refractivity contribution is 5.97. The Labute approximate surface area is 188 Å². The molecule has 8 nitrogen and oxygen atoms in total. The number of ether oxygens (including phenoxy) is 2. The molecular formula is C24H29N3O5. The number of aryl methyl sites for hydroxylation is 1. The van der Waals surface area contributed by atoms with Gasteiger partial charge < -0.3 is 14.8 Å². The van der Waals surface area contributed by atoms with E-state index < -0.39 is 17.9 Å². The van der Waals surface area contributed by atoms with Gasteiger partial charge in [0.2, 0.25) is 0 Å². The van der Waals surface area contributed by atoms with E-state index >= 15 is 0 Å². The molecule has 32 heavy (non-hydrogen) atoms. The van der Waals surface area contributed by atoms with Crippen LogP contribution in [-0.4, -0.2) is 43.3 Å². The van der Waals surface area contributed by atoms with Crippen LogP contribution in [0.2, 0.25) is 0 Å². The molecule has 2 rings (SSSR count). The summed E-state index contributed by atoms with van der Waals surface area (Å²) in [5, 5.41) is 6.73. The molecule has 2 aromatic carbocycles. The molecule has 1 unspecified atom stereocenters. The second kappa shape index (κ2) is 12.2. The molecule has 0 spiro atoms. The van der Waals surface area contributed by atoms with Gasteiger partial charge in [-0.15, -0.1) is 0 Å². The number of nitrogens with one attached hydrogen (secondary N) is 2. The van der Waals surface area contributed by atoms with Gasteiger partial charge in [-0.25, -0.2) is 10.2 Å². The van der Waals surface area contributed by atoms with E-state index in [0.29, 0.717) is 17.9 Å².